The fourth-order valence-electron chi connectivity index (χ4n) is 1.52. The Hall–Kier alpha value is -1.26. The molecule has 0 aliphatic heterocycles. The highest BCUT2D eigenvalue weighted by Crippen LogP contribution is 2.25. The molecule has 0 aliphatic carbocycles. The van der Waals surface area contributed by atoms with E-state index in [9.17, 15) is 13.6 Å². The van der Waals surface area contributed by atoms with Crippen LogP contribution in [0.2, 0.25) is 5.02 Å². The van der Waals surface area contributed by atoms with E-state index < -0.39 is 23.0 Å². The van der Waals surface area contributed by atoms with Gasteiger partial charge in [0, 0.05) is 15.1 Å². The van der Waals surface area contributed by atoms with Crippen LogP contribution in [0, 0.1) is 11.6 Å². The number of carbonyl (C=O) groups excluding carboxylic acids is 1. The molecule has 2 aromatic carbocycles. The van der Waals surface area contributed by atoms with Crippen molar-refractivity contribution in [3.05, 3.63) is 68.7 Å². The molecule has 18 heavy (non-hydrogen) atoms. The van der Waals surface area contributed by atoms with Crippen LogP contribution in [0.1, 0.15) is 15.9 Å². The Morgan fingerprint density at radius 3 is 2.28 bits per heavy atom. The smallest absolute Gasteiger partial charge is 0.200 e. The maximum Gasteiger partial charge on any atom is 0.200 e. The van der Waals surface area contributed by atoms with E-state index in [0.29, 0.717) is 9.50 Å². The van der Waals surface area contributed by atoms with E-state index in [1.54, 1.807) is 0 Å². The molecule has 0 spiro atoms. The van der Waals surface area contributed by atoms with Crippen molar-refractivity contribution in [2.45, 2.75) is 0 Å². The van der Waals surface area contributed by atoms with Crippen molar-refractivity contribution in [2.24, 2.45) is 0 Å². The minimum Gasteiger partial charge on any atom is -0.288 e. The van der Waals surface area contributed by atoms with Crippen molar-refractivity contribution < 1.29 is 13.6 Å². The summed E-state index contributed by atoms with van der Waals surface area (Å²) in [5.74, 6) is -2.50. The van der Waals surface area contributed by atoms with Crippen molar-refractivity contribution in [1.29, 1.82) is 0 Å². The average molecular weight is 332 g/mol. The van der Waals surface area contributed by atoms with Gasteiger partial charge >= 0.3 is 0 Å². The predicted molar refractivity (Wildman–Crippen MR) is 68.9 cm³/mol. The quantitative estimate of drug-likeness (QED) is 0.734. The molecule has 92 valence electrons. The molecule has 0 bridgehead atoms. The van der Waals surface area contributed by atoms with E-state index in [1.165, 1.54) is 24.3 Å². The molecule has 0 unspecified atom stereocenters. The largest absolute Gasteiger partial charge is 0.288 e. The first-order chi connectivity index (χ1) is 8.50. The van der Waals surface area contributed by atoms with E-state index in [-0.39, 0.29) is 5.56 Å². The molecule has 0 saturated carbocycles. The van der Waals surface area contributed by atoms with E-state index in [1.807, 2.05) is 0 Å². The van der Waals surface area contributed by atoms with Crippen LogP contribution in [0.4, 0.5) is 8.78 Å². The fraction of sp³-hybridized carbons (Fsp3) is 0. The molecule has 0 fully saturated rings. The Labute approximate surface area is 116 Å². The molecule has 0 heterocycles. The Morgan fingerprint density at radius 1 is 1.11 bits per heavy atom. The SMILES string of the molecule is O=C(c1ccc(Cl)cc1Br)c1c(F)cccc1F. The summed E-state index contributed by atoms with van der Waals surface area (Å²) in [7, 11) is 0. The lowest BCUT2D eigenvalue weighted by Crippen LogP contribution is -2.08. The lowest BCUT2D eigenvalue weighted by molar-refractivity contribution is 0.103. The Morgan fingerprint density at radius 2 is 1.72 bits per heavy atom. The number of hydrogen-bond acceptors (Lipinski definition) is 1. The molecule has 0 aromatic heterocycles. The van der Waals surface area contributed by atoms with Gasteiger partial charge in [0.25, 0.3) is 0 Å². The Bertz CT molecular complexity index is 608. The minimum atomic E-state index is -0.887. The minimum absolute atomic E-state index is 0.156. The van der Waals surface area contributed by atoms with Gasteiger partial charge < -0.3 is 0 Å². The summed E-state index contributed by atoms with van der Waals surface area (Å²) in [4.78, 5) is 12.1. The van der Waals surface area contributed by atoms with Crippen LogP contribution in [0.3, 0.4) is 0 Å². The fourth-order valence-corrected chi connectivity index (χ4v) is 2.39. The molecule has 0 amide bonds. The molecular weight excluding hydrogens is 325 g/mol. The van der Waals surface area contributed by atoms with Crippen LogP contribution in [0.25, 0.3) is 0 Å². The summed E-state index contributed by atoms with van der Waals surface area (Å²) < 4.78 is 27.4. The normalized spacial score (nSPS) is 10.4. The van der Waals surface area contributed by atoms with Gasteiger partial charge in [-0.3, -0.25) is 4.79 Å². The van der Waals surface area contributed by atoms with Gasteiger partial charge in [0.05, 0.1) is 5.56 Å². The third kappa shape index (κ3) is 2.44. The van der Waals surface area contributed by atoms with Crippen LogP contribution in [-0.4, -0.2) is 5.78 Å². The van der Waals surface area contributed by atoms with Gasteiger partial charge in [0.15, 0.2) is 5.78 Å². The van der Waals surface area contributed by atoms with E-state index in [0.717, 1.165) is 12.1 Å². The number of halogens is 4. The zero-order chi connectivity index (χ0) is 13.3. The zero-order valence-electron chi connectivity index (χ0n) is 8.88. The molecule has 0 N–H and O–H groups in total. The molecule has 1 nitrogen and oxygen atoms in total. The summed E-state index contributed by atoms with van der Waals surface area (Å²) in [6, 6.07) is 7.69. The van der Waals surface area contributed by atoms with E-state index in [4.69, 9.17) is 11.6 Å². The van der Waals surface area contributed by atoms with Gasteiger partial charge in [0.2, 0.25) is 0 Å². The molecule has 2 aromatic rings. The van der Waals surface area contributed by atoms with Crippen LogP contribution < -0.4 is 0 Å². The monoisotopic (exact) mass is 330 g/mol. The maximum atomic E-state index is 13.5. The van der Waals surface area contributed by atoms with Crippen molar-refractivity contribution in [3.63, 3.8) is 0 Å². The van der Waals surface area contributed by atoms with Crippen LogP contribution in [0.15, 0.2) is 40.9 Å². The summed E-state index contributed by atoms with van der Waals surface area (Å²) in [6.45, 7) is 0. The highest BCUT2D eigenvalue weighted by Gasteiger charge is 2.20. The molecule has 0 radical (unpaired) electrons. The first kappa shape index (κ1) is 13.2. The second kappa shape index (κ2) is 5.16. The van der Waals surface area contributed by atoms with Gasteiger partial charge in [-0.15, -0.1) is 0 Å². The van der Waals surface area contributed by atoms with Crippen molar-refractivity contribution >= 4 is 33.3 Å². The summed E-state index contributed by atoms with van der Waals surface area (Å²) in [5, 5.41) is 0.424. The van der Waals surface area contributed by atoms with Gasteiger partial charge in [-0.1, -0.05) is 17.7 Å². The highest BCUT2D eigenvalue weighted by atomic mass is 79.9. The van der Waals surface area contributed by atoms with Gasteiger partial charge in [-0.05, 0) is 46.3 Å². The second-order valence-corrected chi connectivity index (χ2v) is 4.84. The zero-order valence-corrected chi connectivity index (χ0v) is 11.2. The number of ketones is 1. The van der Waals surface area contributed by atoms with Gasteiger partial charge in [-0.2, -0.15) is 0 Å². The Balaban J connectivity index is 2.55. The molecule has 0 atom stereocenters. The second-order valence-electron chi connectivity index (χ2n) is 3.55. The number of benzene rings is 2. The standard InChI is InChI=1S/C13H6BrClF2O/c14-9-6-7(15)4-5-8(9)13(18)12-10(16)2-1-3-11(12)17/h1-6H. The van der Waals surface area contributed by atoms with E-state index >= 15 is 0 Å². The van der Waals surface area contributed by atoms with Gasteiger partial charge in [-0.25, -0.2) is 8.78 Å². The summed E-state index contributed by atoms with van der Waals surface area (Å²) in [5.41, 5.74) is -0.413. The number of carbonyl (C=O) groups is 1. The first-order valence-electron chi connectivity index (χ1n) is 4.94. The average Bonchev–Trinajstić information content (AvgIpc) is 2.28. The highest BCUT2D eigenvalue weighted by molar-refractivity contribution is 9.10. The third-order valence-electron chi connectivity index (χ3n) is 2.37. The molecule has 0 saturated heterocycles. The molecular formula is C13H6BrClF2O. The lowest BCUT2D eigenvalue weighted by atomic mass is 10.0. The third-order valence-corrected chi connectivity index (χ3v) is 3.26. The summed E-state index contributed by atoms with van der Waals surface area (Å²) >= 11 is 8.88. The lowest BCUT2D eigenvalue weighted by Gasteiger charge is -2.06. The van der Waals surface area contributed by atoms with Crippen LogP contribution >= 0.6 is 27.5 Å². The van der Waals surface area contributed by atoms with Crippen LogP contribution in [-0.2, 0) is 0 Å². The number of rotatable bonds is 2. The van der Waals surface area contributed by atoms with Crippen molar-refractivity contribution in [2.75, 3.05) is 0 Å². The van der Waals surface area contributed by atoms with Gasteiger partial charge in [0.1, 0.15) is 11.6 Å². The predicted octanol–water partition coefficient (Wildman–Crippen LogP) is 4.61. The maximum absolute atomic E-state index is 13.5. The van der Waals surface area contributed by atoms with Crippen molar-refractivity contribution in [3.8, 4) is 0 Å². The molecule has 5 heteroatoms. The summed E-state index contributed by atoms with van der Waals surface area (Å²) in [6.07, 6.45) is 0. The van der Waals surface area contributed by atoms with Crippen molar-refractivity contribution in [1.82, 2.24) is 0 Å². The van der Waals surface area contributed by atoms with E-state index in [2.05, 4.69) is 15.9 Å². The first-order valence-corrected chi connectivity index (χ1v) is 6.11. The molecule has 0 aliphatic rings. The topological polar surface area (TPSA) is 17.1 Å². The number of hydrogen-bond donors (Lipinski definition) is 0. The van der Waals surface area contributed by atoms with Crippen LogP contribution in [0.5, 0.6) is 0 Å². The Kier molecular flexibility index (Phi) is 3.78. The molecule has 2 rings (SSSR count).